The van der Waals surface area contributed by atoms with E-state index in [4.69, 9.17) is 11.6 Å². The summed E-state index contributed by atoms with van der Waals surface area (Å²) in [6.07, 6.45) is 6.05. The van der Waals surface area contributed by atoms with E-state index in [0.717, 1.165) is 11.4 Å². The molecular formula is C13H18BrCl. The van der Waals surface area contributed by atoms with Gasteiger partial charge in [-0.1, -0.05) is 59.1 Å². The minimum Gasteiger partial charge on any atom is -0.0891 e. The van der Waals surface area contributed by atoms with E-state index in [2.05, 4.69) is 35.0 Å². The normalized spacial score (nSPS) is 12.7. The van der Waals surface area contributed by atoms with Crippen molar-refractivity contribution in [3.05, 3.63) is 34.9 Å². The summed E-state index contributed by atoms with van der Waals surface area (Å²) < 4.78 is 0. The van der Waals surface area contributed by atoms with Crippen LogP contribution >= 0.6 is 27.5 Å². The first-order chi connectivity index (χ1) is 7.24. The first-order valence-corrected chi connectivity index (χ1v) is 6.91. The third kappa shape index (κ3) is 5.03. The van der Waals surface area contributed by atoms with E-state index >= 15 is 0 Å². The molecule has 2 heteroatoms. The Morgan fingerprint density at radius 3 is 2.67 bits per heavy atom. The van der Waals surface area contributed by atoms with Crippen molar-refractivity contribution in [1.29, 1.82) is 0 Å². The largest absolute Gasteiger partial charge is 0.0891 e. The Balaban J connectivity index is 2.29. The lowest BCUT2D eigenvalue weighted by molar-refractivity contribution is 0.655. The van der Waals surface area contributed by atoms with Gasteiger partial charge < -0.3 is 0 Å². The van der Waals surface area contributed by atoms with E-state index in [1.54, 1.807) is 0 Å². The Labute approximate surface area is 106 Å². The Morgan fingerprint density at radius 2 is 2.00 bits per heavy atom. The maximum absolute atomic E-state index is 6.09. The van der Waals surface area contributed by atoms with Gasteiger partial charge in [-0.15, -0.1) is 0 Å². The monoisotopic (exact) mass is 288 g/mol. The van der Waals surface area contributed by atoms with E-state index in [1.165, 1.54) is 31.2 Å². The minimum atomic E-state index is 0.671. The summed E-state index contributed by atoms with van der Waals surface area (Å²) in [6, 6.07) is 8.12. The van der Waals surface area contributed by atoms with Crippen molar-refractivity contribution in [1.82, 2.24) is 0 Å². The standard InChI is InChI=1S/C13H18BrCl/c1-2-6-12(14)9-5-8-11-7-3-4-10-13(11)15/h3-4,7,10,12H,2,5-6,8-9H2,1H3. The molecule has 1 aromatic carbocycles. The van der Waals surface area contributed by atoms with E-state index in [1.807, 2.05) is 12.1 Å². The maximum Gasteiger partial charge on any atom is 0.0437 e. The number of rotatable bonds is 6. The van der Waals surface area contributed by atoms with Gasteiger partial charge in [0, 0.05) is 9.85 Å². The summed E-state index contributed by atoms with van der Waals surface area (Å²) in [5.74, 6) is 0. The Morgan fingerprint density at radius 1 is 1.27 bits per heavy atom. The Kier molecular flexibility index (Phi) is 6.35. The van der Waals surface area contributed by atoms with Crippen molar-refractivity contribution < 1.29 is 0 Å². The molecule has 0 bridgehead atoms. The zero-order valence-electron chi connectivity index (χ0n) is 9.18. The van der Waals surface area contributed by atoms with Gasteiger partial charge in [0.15, 0.2) is 0 Å². The van der Waals surface area contributed by atoms with Crippen molar-refractivity contribution in [3.63, 3.8) is 0 Å². The zero-order valence-corrected chi connectivity index (χ0v) is 11.5. The molecule has 0 N–H and O–H groups in total. The van der Waals surface area contributed by atoms with Gasteiger partial charge in [0.25, 0.3) is 0 Å². The molecule has 15 heavy (non-hydrogen) atoms. The summed E-state index contributed by atoms with van der Waals surface area (Å²) >= 11 is 9.79. The van der Waals surface area contributed by atoms with Crippen LogP contribution in [0, 0.1) is 0 Å². The molecule has 1 atom stereocenters. The highest BCUT2D eigenvalue weighted by Crippen LogP contribution is 2.20. The quantitative estimate of drug-likeness (QED) is 0.629. The second kappa shape index (κ2) is 7.29. The van der Waals surface area contributed by atoms with Crippen LogP contribution in [0.2, 0.25) is 5.02 Å². The van der Waals surface area contributed by atoms with Gasteiger partial charge in [0.05, 0.1) is 0 Å². The predicted molar refractivity (Wildman–Crippen MR) is 72.0 cm³/mol. The van der Waals surface area contributed by atoms with Crippen LogP contribution in [0.15, 0.2) is 24.3 Å². The summed E-state index contributed by atoms with van der Waals surface area (Å²) in [4.78, 5) is 0.671. The van der Waals surface area contributed by atoms with Gasteiger partial charge in [-0.05, 0) is 37.3 Å². The molecule has 0 aromatic heterocycles. The lowest BCUT2D eigenvalue weighted by Gasteiger charge is -2.08. The van der Waals surface area contributed by atoms with Crippen LogP contribution in [0.4, 0.5) is 0 Å². The molecule has 1 unspecified atom stereocenters. The van der Waals surface area contributed by atoms with E-state index in [9.17, 15) is 0 Å². The molecule has 0 saturated carbocycles. The Hall–Kier alpha value is -0.0100. The summed E-state index contributed by atoms with van der Waals surface area (Å²) in [5, 5.41) is 0.902. The topological polar surface area (TPSA) is 0 Å². The van der Waals surface area contributed by atoms with Crippen LogP contribution < -0.4 is 0 Å². The van der Waals surface area contributed by atoms with Crippen molar-refractivity contribution in [3.8, 4) is 0 Å². The molecule has 0 radical (unpaired) electrons. The highest BCUT2D eigenvalue weighted by molar-refractivity contribution is 9.09. The summed E-state index contributed by atoms with van der Waals surface area (Å²) in [5.41, 5.74) is 1.27. The van der Waals surface area contributed by atoms with Gasteiger partial charge >= 0.3 is 0 Å². The molecule has 0 aliphatic rings. The third-order valence-electron chi connectivity index (χ3n) is 2.52. The molecule has 0 amide bonds. The van der Waals surface area contributed by atoms with Crippen molar-refractivity contribution in [2.24, 2.45) is 0 Å². The minimum absolute atomic E-state index is 0.671. The molecule has 0 heterocycles. The molecular weight excluding hydrogens is 272 g/mol. The summed E-state index contributed by atoms with van der Waals surface area (Å²) in [7, 11) is 0. The lowest BCUT2D eigenvalue weighted by Crippen LogP contribution is -1.98. The van der Waals surface area contributed by atoms with Crippen LogP contribution in [0.1, 0.15) is 38.2 Å². The van der Waals surface area contributed by atoms with E-state index < -0.39 is 0 Å². The fourth-order valence-electron chi connectivity index (χ4n) is 1.67. The molecule has 84 valence electrons. The second-order valence-corrected chi connectivity index (χ2v) is 5.57. The predicted octanol–water partition coefficient (Wildman–Crippen LogP) is 5.23. The molecule has 1 aromatic rings. The van der Waals surface area contributed by atoms with E-state index in [0.29, 0.717) is 4.83 Å². The SMILES string of the molecule is CCCC(Br)CCCc1ccccc1Cl. The van der Waals surface area contributed by atoms with Gasteiger partial charge in [-0.3, -0.25) is 0 Å². The first kappa shape index (κ1) is 13.1. The number of halogens is 2. The first-order valence-electron chi connectivity index (χ1n) is 5.61. The average Bonchev–Trinajstić information content (AvgIpc) is 2.21. The number of hydrogen-bond donors (Lipinski definition) is 0. The average molecular weight is 290 g/mol. The van der Waals surface area contributed by atoms with Crippen LogP contribution in [0.25, 0.3) is 0 Å². The lowest BCUT2D eigenvalue weighted by atomic mass is 10.1. The number of benzene rings is 1. The molecule has 0 saturated heterocycles. The van der Waals surface area contributed by atoms with Gasteiger partial charge in [-0.2, -0.15) is 0 Å². The molecule has 0 aliphatic carbocycles. The maximum atomic E-state index is 6.09. The van der Waals surface area contributed by atoms with Crippen molar-refractivity contribution in [2.75, 3.05) is 0 Å². The fourth-order valence-corrected chi connectivity index (χ4v) is 2.68. The fraction of sp³-hybridized carbons (Fsp3) is 0.538. The molecule has 0 spiro atoms. The van der Waals surface area contributed by atoms with Crippen LogP contribution in [-0.4, -0.2) is 4.83 Å². The van der Waals surface area contributed by atoms with Gasteiger partial charge in [0.1, 0.15) is 0 Å². The zero-order chi connectivity index (χ0) is 11.1. The van der Waals surface area contributed by atoms with E-state index in [-0.39, 0.29) is 0 Å². The van der Waals surface area contributed by atoms with Crippen LogP contribution in [-0.2, 0) is 6.42 Å². The van der Waals surface area contributed by atoms with Gasteiger partial charge in [0.2, 0.25) is 0 Å². The molecule has 1 rings (SSSR count). The highest BCUT2D eigenvalue weighted by Gasteiger charge is 2.03. The van der Waals surface area contributed by atoms with Crippen LogP contribution in [0.3, 0.4) is 0 Å². The highest BCUT2D eigenvalue weighted by atomic mass is 79.9. The second-order valence-electron chi connectivity index (χ2n) is 3.87. The molecule has 0 nitrogen and oxygen atoms in total. The van der Waals surface area contributed by atoms with Gasteiger partial charge in [-0.25, -0.2) is 0 Å². The summed E-state index contributed by atoms with van der Waals surface area (Å²) in [6.45, 7) is 2.22. The smallest absolute Gasteiger partial charge is 0.0437 e. The van der Waals surface area contributed by atoms with Crippen molar-refractivity contribution in [2.45, 2.75) is 43.9 Å². The van der Waals surface area contributed by atoms with Crippen LogP contribution in [0.5, 0.6) is 0 Å². The number of hydrogen-bond acceptors (Lipinski definition) is 0. The molecule has 0 aliphatic heterocycles. The number of alkyl halides is 1. The Bertz CT molecular complexity index is 286. The third-order valence-corrected chi connectivity index (χ3v) is 3.81. The van der Waals surface area contributed by atoms with Crippen molar-refractivity contribution >= 4 is 27.5 Å². The number of aryl methyl sites for hydroxylation is 1. The molecule has 0 fully saturated rings.